The van der Waals surface area contributed by atoms with Crippen molar-refractivity contribution in [2.45, 2.75) is 37.7 Å². The number of urea groups is 1. The number of anilines is 3. The van der Waals surface area contributed by atoms with E-state index in [1.165, 1.54) is 36.0 Å². The molecule has 210 valence electrons. The quantitative estimate of drug-likeness (QED) is 0.215. The number of amides is 2. The topological polar surface area (TPSA) is 190 Å². The molecule has 0 spiro atoms. The normalized spacial score (nSPS) is 10.5. The fourth-order valence-electron chi connectivity index (χ4n) is 2.99. The van der Waals surface area contributed by atoms with E-state index < -0.39 is 22.0 Å². The smallest absolute Gasteiger partial charge is 0.339 e. The minimum atomic E-state index is -4.30. The molecule has 0 unspecified atom stereocenters. The molecule has 2 amide bonds. The molecule has 2 heterocycles. The first-order chi connectivity index (χ1) is 18.5. The number of aromatic nitrogens is 5. The monoisotopic (exact) mass is 577 g/mol. The molecule has 3 aromatic rings. The number of carbonyl (C=O) groups excluding carboxylic acids is 2. The van der Waals surface area contributed by atoms with Gasteiger partial charge >= 0.3 is 12.0 Å². The van der Waals surface area contributed by atoms with Crippen LogP contribution in [0.3, 0.4) is 0 Å². The highest BCUT2D eigenvalue weighted by Gasteiger charge is 2.25. The predicted octanol–water partition coefficient (Wildman–Crippen LogP) is 2.85. The molecule has 3 rings (SSSR count). The maximum Gasteiger partial charge on any atom is 0.339 e. The highest BCUT2D eigenvalue weighted by molar-refractivity contribution is 7.98. The van der Waals surface area contributed by atoms with Gasteiger partial charge in [0.05, 0.1) is 12.7 Å². The van der Waals surface area contributed by atoms with Gasteiger partial charge in [-0.2, -0.15) is 15.0 Å². The number of rotatable bonds is 9. The Labute approximate surface area is 231 Å². The number of aryl methyl sites for hydroxylation is 2. The SMILES string of the molecule is CCNc1nc(NCC)nc(SC)n1.COC(=O)c1ccccc1S(=O)(=O)NC(=O)Nc1nc(C)cc(C)n1. The van der Waals surface area contributed by atoms with Crippen molar-refractivity contribution in [3.63, 3.8) is 0 Å². The molecule has 1 aromatic carbocycles. The molecule has 0 fully saturated rings. The number of hydrogen-bond acceptors (Lipinski definition) is 13. The highest BCUT2D eigenvalue weighted by atomic mass is 32.2. The molecule has 0 aliphatic heterocycles. The zero-order chi connectivity index (χ0) is 29.0. The van der Waals surface area contributed by atoms with Crippen LogP contribution in [0.25, 0.3) is 0 Å². The molecule has 2 aromatic heterocycles. The molecule has 0 aliphatic rings. The van der Waals surface area contributed by atoms with Gasteiger partial charge in [0.15, 0.2) is 5.16 Å². The van der Waals surface area contributed by atoms with E-state index >= 15 is 0 Å². The first-order valence-corrected chi connectivity index (χ1v) is 14.3. The Morgan fingerprint density at radius 1 is 0.897 bits per heavy atom. The highest BCUT2D eigenvalue weighted by Crippen LogP contribution is 2.16. The molecule has 4 N–H and O–H groups in total. The van der Waals surface area contributed by atoms with Crippen LogP contribution >= 0.6 is 11.8 Å². The largest absolute Gasteiger partial charge is 0.465 e. The molecule has 16 heteroatoms. The number of ether oxygens (including phenoxy) is 1. The number of nitrogens with zero attached hydrogens (tertiary/aromatic N) is 5. The average molecular weight is 578 g/mol. The first-order valence-electron chi connectivity index (χ1n) is 11.6. The molecular weight excluding hydrogens is 546 g/mol. The third kappa shape index (κ3) is 9.64. The lowest BCUT2D eigenvalue weighted by Crippen LogP contribution is -2.35. The third-order valence-electron chi connectivity index (χ3n) is 4.48. The van der Waals surface area contributed by atoms with Gasteiger partial charge in [-0.3, -0.25) is 5.32 Å². The van der Waals surface area contributed by atoms with E-state index in [0.29, 0.717) is 23.3 Å². The average Bonchev–Trinajstić information content (AvgIpc) is 2.88. The van der Waals surface area contributed by atoms with E-state index in [9.17, 15) is 18.0 Å². The lowest BCUT2D eigenvalue weighted by atomic mass is 10.2. The van der Waals surface area contributed by atoms with Crippen molar-refractivity contribution >= 4 is 51.6 Å². The van der Waals surface area contributed by atoms with Crippen LogP contribution in [0.5, 0.6) is 0 Å². The van der Waals surface area contributed by atoms with Crippen LogP contribution in [0.2, 0.25) is 0 Å². The van der Waals surface area contributed by atoms with Gasteiger partial charge in [0.1, 0.15) is 4.90 Å². The summed E-state index contributed by atoms with van der Waals surface area (Å²) in [5.74, 6) is 0.385. The number of nitrogens with one attached hydrogen (secondary N) is 4. The van der Waals surface area contributed by atoms with E-state index in [1.807, 2.05) is 24.8 Å². The van der Waals surface area contributed by atoms with Gasteiger partial charge in [-0.05, 0) is 52.1 Å². The van der Waals surface area contributed by atoms with Crippen LogP contribution in [0, 0.1) is 13.8 Å². The fourth-order valence-corrected chi connectivity index (χ4v) is 4.45. The number of thioether (sulfide) groups is 1. The molecule has 0 aliphatic carbocycles. The van der Waals surface area contributed by atoms with E-state index in [2.05, 4.69) is 45.6 Å². The second kappa shape index (κ2) is 14.8. The van der Waals surface area contributed by atoms with Crippen molar-refractivity contribution in [3.8, 4) is 0 Å². The number of methoxy groups -OCH3 is 1. The number of carbonyl (C=O) groups is 2. The Morgan fingerprint density at radius 3 is 1.97 bits per heavy atom. The summed E-state index contributed by atoms with van der Waals surface area (Å²) >= 11 is 1.51. The van der Waals surface area contributed by atoms with Crippen molar-refractivity contribution in [3.05, 3.63) is 47.3 Å². The molecular formula is C23H31N9O5S2. The summed E-state index contributed by atoms with van der Waals surface area (Å²) < 4.78 is 31.1. The van der Waals surface area contributed by atoms with Crippen molar-refractivity contribution < 1.29 is 22.7 Å². The molecule has 14 nitrogen and oxygen atoms in total. The van der Waals surface area contributed by atoms with E-state index in [0.717, 1.165) is 25.4 Å². The van der Waals surface area contributed by atoms with E-state index in [1.54, 1.807) is 19.9 Å². The van der Waals surface area contributed by atoms with Crippen molar-refractivity contribution in [2.75, 3.05) is 42.4 Å². The summed E-state index contributed by atoms with van der Waals surface area (Å²) in [5, 5.41) is 9.10. The number of esters is 1. The summed E-state index contributed by atoms with van der Waals surface area (Å²) in [4.78, 5) is 43.9. The van der Waals surface area contributed by atoms with Gasteiger partial charge in [-0.15, -0.1) is 0 Å². The van der Waals surface area contributed by atoms with Gasteiger partial charge < -0.3 is 15.4 Å². The zero-order valence-electron chi connectivity index (χ0n) is 22.4. The zero-order valence-corrected chi connectivity index (χ0v) is 24.0. The van der Waals surface area contributed by atoms with Crippen molar-refractivity contribution in [1.29, 1.82) is 0 Å². The minimum absolute atomic E-state index is 0.0357. The van der Waals surface area contributed by atoms with Crippen LogP contribution in [0.15, 0.2) is 40.4 Å². The lowest BCUT2D eigenvalue weighted by molar-refractivity contribution is 0.0596. The summed E-state index contributed by atoms with van der Waals surface area (Å²) in [6.45, 7) is 9.06. The minimum Gasteiger partial charge on any atom is -0.465 e. The van der Waals surface area contributed by atoms with E-state index in [-0.39, 0.29) is 16.4 Å². The van der Waals surface area contributed by atoms with Gasteiger partial charge in [-0.1, -0.05) is 23.9 Å². The second-order valence-corrected chi connectivity index (χ2v) is 9.98. The summed E-state index contributed by atoms with van der Waals surface area (Å²) in [5.41, 5.74) is 1.04. The third-order valence-corrected chi connectivity index (χ3v) is 6.42. The number of benzene rings is 1. The Hall–Kier alpha value is -4.05. The fraction of sp³-hybridized carbons (Fsp3) is 0.348. The van der Waals surface area contributed by atoms with Crippen LogP contribution in [-0.2, 0) is 14.8 Å². The molecule has 0 saturated carbocycles. The maximum absolute atomic E-state index is 12.4. The molecule has 39 heavy (non-hydrogen) atoms. The van der Waals surface area contributed by atoms with Crippen LogP contribution < -0.4 is 20.7 Å². The Balaban J connectivity index is 0.000000322. The van der Waals surface area contributed by atoms with Crippen molar-refractivity contribution in [1.82, 2.24) is 29.6 Å². The Bertz CT molecular complexity index is 1360. The maximum atomic E-state index is 12.4. The Morgan fingerprint density at radius 2 is 1.46 bits per heavy atom. The molecule has 0 bridgehead atoms. The van der Waals surface area contributed by atoms with Gasteiger partial charge in [0.2, 0.25) is 17.8 Å². The molecule has 0 atom stereocenters. The number of sulfonamides is 1. The van der Waals surface area contributed by atoms with Crippen LogP contribution in [-0.4, -0.2) is 71.8 Å². The van der Waals surface area contributed by atoms with Gasteiger partial charge in [0.25, 0.3) is 10.0 Å². The summed E-state index contributed by atoms with van der Waals surface area (Å²) in [6, 6.07) is 6.03. The predicted molar refractivity (Wildman–Crippen MR) is 149 cm³/mol. The van der Waals surface area contributed by atoms with Crippen LogP contribution in [0.4, 0.5) is 22.6 Å². The van der Waals surface area contributed by atoms with Gasteiger partial charge in [-0.25, -0.2) is 32.7 Å². The standard InChI is InChI=1S/C15H16N4O5S.C8H15N5S/c1-9-8-10(2)17-14(16-9)18-15(21)19-25(22,23)12-7-5-4-6-11(12)13(20)24-3;1-4-9-6-11-7(10-5-2)13-8(12-6)14-3/h4-8H,1-3H3,(H2,16,17,18,19,21);4-5H2,1-3H3,(H2,9,10,11,12,13). The summed E-state index contributed by atoms with van der Waals surface area (Å²) in [6.07, 6.45) is 1.95. The first kappa shape index (κ1) is 31.2. The van der Waals surface area contributed by atoms with Crippen molar-refractivity contribution in [2.24, 2.45) is 0 Å². The molecule has 0 radical (unpaired) electrons. The lowest BCUT2D eigenvalue weighted by Gasteiger charge is -2.11. The summed E-state index contributed by atoms with van der Waals surface area (Å²) in [7, 11) is -3.18. The Kier molecular flexibility index (Phi) is 11.8. The number of hydrogen-bond donors (Lipinski definition) is 4. The molecule has 0 saturated heterocycles. The van der Waals surface area contributed by atoms with Gasteiger partial charge in [0, 0.05) is 24.5 Å². The van der Waals surface area contributed by atoms with Crippen LogP contribution in [0.1, 0.15) is 35.6 Å². The van der Waals surface area contributed by atoms with E-state index in [4.69, 9.17) is 0 Å². The second-order valence-electron chi connectivity index (χ2n) is 7.55.